The van der Waals surface area contributed by atoms with Crippen molar-refractivity contribution in [3.05, 3.63) is 0 Å². The highest BCUT2D eigenvalue weighted by Gasteiger charge is 2.43. The van der Waals surface area contributed by atoms with E-state index in [1.54, 1.807) is 23.6 Å². The van der Waals surface area contributed by atoms with Crippen LogP contribution in [0.25, 0.3) is 0 Å². The summed E-state index contributed by atoms with van der Waals surface area (Å²) in [7, 11) is 0. The van der Waals surface area contributed by atoms with E-state index in [2.05, 4.69) is 10.6 Å². The summed E-state index contributed by atoms with van der Waals surface area (Å²) >= 11 is 0. The van der Waals surface area contributed by atoms with Crippen LogP contribution in [0.15, 0.2) is 0 Å². The van der Waals surface area contributed by atoms with E-state index in [0.29, 0.717) is 32.4 Å². The number of hydrogen-bond acceptors (Lipinski definition) is 7. The molecule has 0 aromatic heterocycles. The number of carbonyl (C=O) groups excluding carboxylic acids is 5. The number of piperidine rings is 1. The summed E-state index contributed by atoms with van der Waals surface area (Å²) in [5.41, 5.74) is 0. The Kier molecular flexibility index (Phi) is 6.87. The molecule has 0 aromatic carbocycles. The standard InChI is InChI=1S/C22H33N5O6/c1-13-10-18(28)25-9-5-7-16(25)21(31)26-8-4-3-6-15(26)19(29)24-14(2)20(30)27-12-23-11-17(27)22(32)33-13/h13-17,23H,3-12H2,1-2H3,(H,24,29). The fourth-order valence-corrected chi connectivity index (χ4v) is 5.27. The minimum absolute atomic E-state index is 0.0378. The molecule has 0 aromatic rings. The lowest BCUT2D eigenvalue weighted by molar-refractivity contribution is -0.160. The highest BCUT2D eigenvalue weighted by Crippen LogP contribution is 2.26. The number of ether oxygens (including phenoxy) is 1. The summed E-state index contributed by atoms with van der Waals surface area (Å²) in [6.45, 7) is 4.54. The van der Waals surface area contributed by atoms with E-state index in [0.717, 1.165) is 12.8 Å². The summed E-state index contributed by atoms with van der Waals surface area (Å²) in [4.78, 5) is 69.9. The van der Waals surface area contributed by atoms with E-state index in [9.17, 15) is 24.0 Å². The largest absolute Gasteiger partial charge is 0.461 e. The molecule has 0 aliphatic carbocycles. The lowest BCUT2D eigenvalue weighted by Gasteiger charge is -2.38. The van der Waals surface area contributed by atoms with Crippen LogP contribution in [0.1, 0.15) is 52.4 Å². The molecule has 4 amide bonds. The Labute approximate surface area is 193 Å². The van der Waals surface area contributed by atoms with Gasteiger partial charge < -0.3 is 24.8 Å². The number of esters is 1. The first kappa shape index (κ1) is 23.5. The maximum Gasteiger partial charge on any atom is 0.330 e. The molecule has 4 aliphatic rings. The van der Waals surface area contributed by atoms with Gasteiger partial charge in [0, 0.05) is 19.6 Å². The molecular weight excluding hydrogens is 430 g/mol. The second-order valence-electron chi connectivity index (χ2n) is 9.41. The fourth-order valence-electron chi connectivity index (χ4n) is 5.27. The van der Waals surface area contributed by atoms with Crippen LogP contribution in [0.3, 0.4) is 0 Å². The van der Waals surface area contributed by atoms with Crippen molar-refractivity contribution >= 4 is 29.6 Å². The van der Waals surface area contributed by atoms with E-state index in [1.165, 1.54) is 4.90 Å². The third kappa shape index (κ3) is 4.68. The number of amides is 4. The van der Waals surface area contributed by atoms with Crippen molar-refractivity contribution in [2.45, 2.75) is 82.6 Å². The maximum absolute atomic E-state index is 13.5. The van der Waals surface area contributed by atoms with Gasteiger partial charge in [0.15, 0.2) is 0 Å². The Bertz CT molecular complexity index is 834. The van der Waals surface area contributed by atoms with Gasteiger partial charge in [0.1, 0.15) is 30.3 Å². The Hall–Kier alpha value is -2.69. The Morgan fingerprint density at radius 1 is 0.818 bits per heavy atom. The number of hydrogen-bond donors (Lipinski definition) is 2. The van der Waals surface area contributed by atoms with E-state index in [-0.39, 0.29) is 37.4 Å². The second-order valence-corrected chi connectivity index (χ2v) is 9.41. The third-order valence-corrected chi connectivity index (χ3v) is 7.01. The summed E-state index contributed by atoms with van der Waals surface area (Å²) in [6.07, 6.45) is 2.63. The zero-order valence-electron chi connectivity index (χ0n) is 19.2. The van der Waals surface area contributed by atoms with Gasteiger partial charge in [-0.3, -0.25) is 24.5 Å². The van der Waals surface area contributed by atoms with Gasteiger partial charge in [0.05, 0.1) is 13.1 Å². The number of nitrogens with one attached hydrogen (secondary N) is 2. The normalized spacial score (nSPS) is 34.5. The number of fused-ring (bicyclic) bond motifs is 3. The number of nitrogens with zero attached hydrogens (tertiary/aromatic N) is 3. The first-order chi connectivity index (χ1) is 15.8. The Morgan fingerprint density at radius 3 is 2.33 bits per heavy atom. The fraction of sp³-hybridized carbons (Fsp3) is 0.773. The van der Waals surface area contributed by atoms with Crippen molar-refractivity contribution in [2.24, 2.45) is 0 Å². The second kappa shape index (κ2) is 9.66. The first-order valence-electron chi connectivity index (χ1n) is 11.9. The minimum Gasteiger partial charge on any atom is -0.461 e. The highest BCUT2D eigenvalue weighted by atomic mass is 16.5. The monoisotopic (exact) mass is 463 g/mol. The van der Waals surface area contributed by atoms with Gasteiger partial charge in [0.25, 0.3) is 0 Å². The van der Waals surface area contributed by atoms with Gasteiger partial charge in [-0.25, -0.2) is 4.79 Å². The molecule has 0 saturated carbocycles. The molecule has 4 fully saturated rings. The SMILES string of the molecule is CC1CC(=O)N2CCCC2C(=O)N2CCCCC2C(=O)NC(C)C(=O)N2CNCC2C(=O)O1. The topological polar surface area (TPSA) is 128 Å². The molecule has 4 rings (SSSR count). The predicted octanol–water partition coefficient (Wildman–Crippen LogP) is -1.04. The van der Waals surface area contributed by atoms with Crippen LogP contribution in [0.4, 0.5) is 0 Å². The van der Waals surface area contributed by atoms with Crippen molar-refractivity contribution in [3.8, 4) is 0 Å². The summed E-state index contributed by atoms with van der Waals surface area (Å²) in [6, 6.07) is -2.98. The average molecular weight is 464 g/mol. The molecule has 0 spiro atoms. The molecule has 5 unspecified atom stereocenters. The van der Waals surface area contributed by atoms with Crippen LogP contribution in [0.2, 0.25) is 0 Å². The molecule has 4 saturated heterocycles. The van der Waals surface area contributed by atoms with Crippen LogP contribution in [0, 0.1) is 0 Å². The lowest BCUT2D eigenvalue weighted by Crippen LogP contribution is -2.59. The molecule has 2 N–H and O–H groups in total. The molecule has 33 heavy (non-hydrogen) atoms. The van der Waals surface area contributed by atoms with Gasteiger partial charge in [0.2, 0.25) is 23.6 Å². The van der Waals surface area contributed by atoms with E-state index in [1.807, 2.05) is 0 Å². The molecule has 11 heteroatoms. The van der Waals surface area contributed by atoms with E-state index < -0.39 is 42.1 Å². The molecule has 0 bridgehead atoms. The van der Waals surface area contributed by atoms with Gasteiger partial charge in [-0.2, -0.15) is 0 Å². The van der Waals surface area contributed by atoms with Gasteiger partial charge in [-0.15, -0.1) is 0 Å². The van der Waals surface area contributed by atoms with Gasteiger partial charge in [-0.1, -0.05) is 0 Å². The van der Waals surface area contributed by atoms with Gasteiger partial charge >= 0.3 is 5.97 Å². The van der Waals surface area contributed by atoms with Crippen molar-refractivity contribution in [1.82, 2.24) is 25.3 Å². The van der Waals surface area contributed by atoms with Crippen LogP contribution in [-0.2, 0) is 28.7 Å². The zero-order valence-corrected chi connectivity index (χ0v) is 19.2. The minimum atomic E-state index is -0.860. The zero-order chi connectivity index (χ0) is 23.7. The third-order valence-electron chi connectivity index (χ3n) is 7.01. The van der Waals surface area contributed by atoms with Crippen molar-refractivity contribution in [2.75, 3.05) is 26.3 Å². The quantitative estimate of drug-likeness (QED) is 0.439. The molecule has 4 heterocycles. The predicted molar refractivity (Wildman–Crippen MR) is 115 cm³/mol. The van der Waals surface area contributed by atoms with Crippen LogP contribution >= 0.6 is 0 Å². The molecule has 11 nitrogen and oxygen atoms in total. The maximum atomic E-state index is 13.5. The Balaban J connectivity index is 1.63. The highest BCUT2D eigenvalue weighted by molar-refractivity contribution is 5.95. The number of cyclic esters (lactones) is 1. The molecule has 0 radical (unpaired) electrons. The summed E-state index contributed by atoms with van der Waals surface area (Å²) in [5, 5.41) is 5.75. The van der Waals surface area contributed by atoms with Gasteiger partial charge in [-0.05, 0) is 46.0 Å². The van der Waals surface area contributed by atoms with Crippen LogP contribution < -0.4 is 10.6 Å². The van der Waals surface area contributed by atoms with Crippen LogP contribution in [-0.4, -0.2) is 101 Å². The smallest absolute Gasteiger partial charge is 0.330 e. The average Bonchev–Trinajstić information content (AvgIpc) is 3.47. The first-order valence-corrected chi connectivity index (χ1v) is 11.9. The molecule has 4 aliphatic heterocycles. The lowest BCUT2D eigenvalue weighted by atomic mass is 9.99. The molecule has 5 atom stereocenters. The van der Waals surface area contributed by atoms with Crippen molar-refractivity contribution < 1.29 is 28.7 Å². The summed E-state index contributed by atoms with van der Waals surface area (Å²) < 4.78 is 5.50. The Morgan fingerprint density at radius 2 is 1.55 bits per heavy atom. The van der Waals surface area contributed by atoms with Crippen LogP contribution in [0.5, 0.6) is 0 Å². The molecular formula is C22H33N5O6. The number of rotatable bonds is 0. The number of carbonyl (C=O) groups is 5. The van der Waals surface area contributed by atoms with Crippen molar-refractivity contribution in [3.63, 3.8) is 0 Å². The van der Waals surface area contributed by atoms with Crippen molar-refractivity contribution in [1.29, 1.82) is 0 Å². The summed E-state index contributed by atoms with van der Waals surface area (Å²) in [5.74, 6) is -1.84. The van der Waals surface area contributed by atoms with E-state index in [4.69, 9.17) is 4.74 Å². The van der Waals surface area contributed by atoms with E-state index >= 15 is 0 Å². The molecule has 182 valence electrons.